The number of aliphatic hydroxyl groups excluding tert-OH is 2. The zero-order valence-electron chi connectivity index (χ0n) is 26.3. The average Bonchev–Trinajstić information content (AvgIpc) is 2.90. The summed E-state index contributed by atoms with van der Waals surface area (Å²) in [5.41, 5.74) is 1.66. The fourth-order valence-electron chi connectivity index (χ4n) is 6.38. The number of hydrogen-bond acceptors (Lipinski definition) is 6. The van der Waals surface area contributed by atoms with Crippen molar-refractivity contribution in [3.63, 3.8) is 0 Å². The maximum absolute atomic E-state index is 13.4. The van der Waals surface area contributed by atoms with Crippen LogP contribution >= 0.6 is 0 Å². The molecule has 1 rings (SSSR count). The molecule has 39 heavy (non-hydrogen) atoms. The smallest absolute Gasteiger partial charge is 0.338 e. The number of ether oxygens (including phenoxy) is 2. The van der Waals surface area contributed by atoms with Gasteiger partial charge in [-0.25, -0.2) is 4.79 Å². The lowest BCUT2D eigenvalue weighted by Gasteiger charge is -2.48. The summed E-state index contributed by atoms with van der Waals surface area (Å²) in [5, 5.41) is 19.8. The van der Waals surface area contributed by atoms with Crippen molar-refractivity contribution in [1.82, 2.24) is 0 Å². The van der Waals surface area contributed by atoms with Crippen molar-refractivity contribution >= 4 is 14.3 Å². The number of methoxy groups -OCH3 is 1. The predicted octanol–water partition coefficient (Wildman–Crippen LogP) is 7.26. The summed E-state index contributed by atoms with van der Waals surface area (Å²) >= 11 is 0. The lowest BCUT2D eigenvalue weighted by molar-refractivity contribution is -0.0478. The van der Waals surface area contributed by atoms with Crippen molar-refractivity contribution in [3.8, 4) is 5.75 Å². The largest absolute Gasteiger partial charge is 0.497 e. The molecule has 0 aliphatic rings. The van der Waals surface area contributed by atoms with E-state index in [1.807, 2.05) is 13.0 Å². The molecule has 1 aromatic carbocycles. The third kappa shape index (κ3) is 8.91. The van der Waals surface area contributed by atoms with Crippen molar-refractivity contribution < 1.29 is 28.9 Å². The molecule has 1 aromatic rings. The number of esters is 1. The van der Waals surface area contributed by atoms with Gasteiger partial charge >= 0.3 is 5.97 Å². The van der Waals surface area contributed by atoms with Crippen LogP contribution in [0.4, 0.5) is 0 Å². The molecule has 0 aliphatic heterocycles. The first-order chi connectivity index (χ1) is 18.2. The molecule has 2 N–H and O–H groups in total. The van der Waals surface area contributed by atoms with Crippen LogP contribution < -0.4 is 4.74 Å². The Morgan fingerprint density at radius 3 is 1.82 bits per heavy atom. The number of benzene rings is 1. The second kappa shape index (κ2) is 15.9. The van der Waals surface area contributed by atoms with E-state index in [0.29, 0.717) is 34.4 Å². The molecule has 0 heterocycles. The van der Waals surface area contributed by atoms with Crippen LogP contribution in [0.3, 0.4) is 0 Å². The highest BCUT2D eigenvalue weighted by Gasteiger charge is 2.49. The van der Waals surface area contributed by atoms with E-state index in [1.165, 1.54) is 0 Å². The Bertz CT molecular complexity index is 846. The van der Waals surface area contributed by atoms with Crippen molar-refractivity contribution in [2.45, 2.75) is 111 Å². The lowest BCUT2D eigenvalue weighted by Crippen LogP contribution is -2.54. The van der Waals surface area contributed by atoms with Gasteiger partial charge in [0.25, 0.3) is 0 Å². The molecule has 0 saturated heterocycles. The predicted molar refractivity (Wildman–Crippen MR) is 163 cm³/mol. The maximum atomic E-state index is 13.4. The number of rotatable bonds is 17. The fourth-order valence-corrected chi connectivity index (χ4v) is 12.1. The second-order valence-corrected chi connectivity index (χ2v) is 17.8. The first kappa shape index (κ1) is 35.4. The van der Waals surface area contributed by atoms with Crippen LogP contribution in [0, 0.1) is 23.7 Å². The Balaban J connectivity index is 3.52. The molecule has 0 aromatic heterocycles. The van der Waals surface area contributed by atoms with Crippen LogP contribution in [-0.2, 0) is 9.16 Å². The van der Waals surface area contributed by atoms with Crippen LogP contribution in [0.15, 0.2) is 36.9 Å². The summed E-state index contributed by atoms with van der Waals surface area (Å²) in [4.78, 5) is 13.4. The Morgan fingerprint density at radius 1 is 0.897 bits per heavy atom. The molecule has 0 aliphatic carbocycles. The summed E-state index contributed by atoms with van der Waals surface area (Å²) in [5.74, 6) is -0.0837. The Kier molecular flexibility index (Phi) is 14.5. The van der Waals surface area contributed by atoms with Crippen molar-refractivity contribution in [1.29, 1.82) is 0 Å². The third-order valence-electron chi connectivity index (χ3n) is 8.69. The highest BCUT2D eigenvalue weighted by Crippen LogP contribution is 2.45. The van der Waals surface area contributed by atoms with Crippen molar-refractivity contribution in [3.05, 3.63) is 42.5 Å². The standard InChI is InChI=1S/C32H56O6Si/c1-13-23(8)31(38-39(20(2)3,21(4)5)22(6)7)26(11)30(25(10)18-24(9)29(34)19-33)37-32(35)27-14-16-28(36-12)17-15-27/h13-17,20-26,29-31,33-34H,1,18-19H2,2-12H3/t23-,24+,25+,26-,29?,30+,31-/m0/s1. The SMILES string of the molecule is C=C[C@H](C)[C@H](O[Si](C(C)C)(C(C)C)C(C)C)[C@@H](C)[C@H](OC(=O)c1ccc(OC)cc1)[C@H](C)C[C@@H](C)C(O)CO. The van der Waals surface area contributed by atoms with Crippen LogP contribution in [0.25, 0.3) is 0 Å². The van der Waals surface area contributed by atoms with E-state index in [4.69, 9.17) is 13.9 Å². The molecule has 0 spiro atoms. The molecule has 6 nitrogen and oxygen atoms in total. The number of carbonyl (C=O) groups is 1. The van der Waals surface area contributed by atoms with Gasteiger partial charge in [-0.3, -0.25) is 0 Å². The van der Waals surface area contributed by atoms with Gasteiger partial charge < -0.3 is 24.1 Å². The molecular weight excluding hydrogens is 508 g/mol. The zero-order chi connectivity index (χ0) is 30.1. The van der Waals surface area contributed by atoms with Gasteiger partial charge in [0, 0.05) is 5.92 Å². The fraction of sp³-hybridized carbons (Fsp3) is 0.719. The average molecular weight is 565 g/mol. The van der Waals surface area contributed by atoms with Crippen LogP contribution in [-0.4, -0.2) is 56.5 Å². The van der Waals surface area contributed by atoms with Gasteiger partial charge in [-0.05, 0) is 65.1 Å². The summed E-state index contributed by atoms with van der Waals surface area (Å²) < 4.78 is 18.9. The van der Waals surface area contributed by atoms with Gasteiger partial charge in [-0.1, -0.05) is 75.3 Å². The lowest BCUT2D eigenvalue weighted by atomic mass is 9.80. The molecule has 0 fully saturated rings. The van der Waals surface area contributed by atoms with Gasteiger partial charge in [0.2, 0.25) is 8.32 Å². The van der Waals surface area contributed by atoms with E-state index in [1.54, 1.807) is 31.4 Å². The summed E-state index contributed by atoms with van der Waals surface area (Å²) in [7, 11) is -0.671. The van der Waals surface area contributed by atoms with Crippen LogP contribution in [0.5, 0.6) is 5.75 Å². The number of carbonyl (C=O) groups excluding carboxylic acids is 1. The van der Waals surface area contributed by atoms with Crippen molar-refractivity contribution in [2.75, 3.05) is 13.7 Å². The van der Waals surface area contributed by atoms with Crippen molar-refractivity contribution in [2.24, 2.45) is 23.7 Å². The topological polar surface area (TPSA) is 85.2 Å². The molecule has 0 radical (unpaired) electrons. The highest BCUT2D eigenvalue weighted by atomic mass is 28.4. The normalized spacial score (nSPS) is 17.8. The minimum Gasteiger partial charge on any atom is -0.497 e. The Morgan fingerprint density at radius 2 is 1.41 bits per heavy atom. The van der Waals surface area contributed by atoms with Crippen LogP contribution in [0.2, 0.25) is 16.6 Å². The first-order valence-electron chi connectivity index (χ1n) is 14.6. The molecule has 1 unspecified atom stereocenters. The second-order valence-electron chi connectivity index (χ2n) is 12.4. The van der Waals surface area contributed by atoms with E-state index < -0.39 is 26.5 Å². The molecule has 7 heteroatoms. The van der Waals surface area contributed by atoms with E-state index in [-0.39, 0.29) is 36.4 Å². The van der Waals surface area contributed by atoms with Gasteiger partial charge in [-0.2, -0.15) is 0 Å². The zero-order valence-corrected chi connectivity index (χ0v) is 27.3. The van der Waals surface area contributed by atoms with E-state index in [0.717, 1.165) is 0 Å². The summed E-state index contributed by atoms with van der Waals surface area (Å²) in [6.45, 7) is 25.6. The monoisotopic (exact) mass is 564 g/mol. The third-order valence-corrected chi connectivity index (χ3v) is 14.8. The Hall–Kier alpha value is -1.67. The Labute approximate surface area is 239 Å². The highest BCUT2D eigenvalue weighted by molar-refractivity contribution is 6.77. The quantitative estimate of drug-likeness (QED) is 0.118. The molecule has 224 valence electrons. The number of aliphatic hydroxyl groups is 2. The van der Waals surface area contributed by atoms with Gasteiger partial charge in [0.15, 0.2) is 0 Å². The molecular formula is C32H56O6Si. The van der Waals surface area contributed by atoms with E-state index in [2.05, 4.69) is 68.9 Å². The minimum atomic E-state index is -2.26. The molecule has 0 bridgehead atoms. The van der Waals surface area contributed by atoms with Gasteiger partial charge in [0.1, 0.15) is 11.9 Å². The molecule has 7 atom stereocenters. The van der Waals surface area contributed by atoms with Gasteiger partial charge in [-0.15, -0.1) is 6.58 Å². The minimum absolute atomic E-state index is 0.0398. The molecule has 0 saturated carbocycles. The molecule has 0 amide bonds. The summed E-state index contributed by atoms with van der Waals surface area (Å²) in [6.07, 6.45) is 1.02. The van der Waals surface area contributed by atoms with Crippen LogP contribution in [0.1, 0.15) is 86.0 Å². The first-order valence-corrected chi connectivity index (χ1v) is 16.8. The maximum Gasteiger partial charge on any atom is 0.338 e. The number of hydrogen-bond donors (Lipinski definition) is 2. The summed E-state index contributed by atoms with van der Waals surface area (Å²) in [6, 6.07) is 6.91. The van der Waals surface area contributed by atoms with E-state index in [9.17, 15) is 15.0 Å². The van der Waals surface area contributed by atoms with E-state index >= 15 is 0 Å². The van der Waals surface area contributed by atoms with Gasteiger partial charge in [0.05, 0.1) is 31.5 Å².